The predicted octanol–water partition coefficient (Wildman–Crippen LogP) is 1.57. The van der Waals surface area contributed by atoms with Crippen LogP contribution in [-0.2, 0) is 9.47 Å². The topological polar surface area (TPSA) is 30.5 Å². The smallest absolute Gasteiger partial charge is 0.104 e. The third-order valence-electron chi connectivity index (χ3n) is 2.51. The van der Waals surface area contributed by atoms with E-state index in [1.165, 1.54) is 12.8 Å². The zero-order valence-electron chi connectivity index (χ0n) is 9.58. The molecule has 0 bridgehead atoms. The maximum atomic E-state index is 5.73. The summed E-state index contributed by atoms with van der Waals surface area (Å²) in [6, 6.07) is 0.601. The molecule has 0 radical (unpaired) electrons. The van der Waals surface area contributed by atoms with Gasteiger partial charge in [0.25, 0.3) is 0 Å². The van der Waals surface area contributed by atoms with Crippen LogP contribution in [0.3, 0.4) is 0 Å². The van der Waals surface area contributed by atoms with Gasteiger partial charge in [0.2, 0.25) is 0 Å². The van der Waals surface area contributed by atoms with Crippen LogP contribution < -0.4 is 5.32 Å². The molecule has 3 heteroatoms. The first-order chi connectivity index (χ1) is 6.72. The summed E-state index contributed by atoms with van der Waals surface area (Å²) in [5.41, 5.74) is 0. The molecule has 0 aromatic rings. The lowest BCUT2D eigenvalue weighted by atomic mass is 10.2. The Morgan fingerprint density at radius 2 is 2.14 bits per heavy atom. The van der Waals surface area contributed by atoms with Gasteiger partial charge in [-0.3, -0.25) is 0 Å². The molecule has 84 valence electrons. The number of nitrogens with one attached hydrogen (secondary N) is 1. The van der Waals surface area contributed by atoms with Gasteiger partial charge in [0.1, 0.15) is 6.10 Å². The van der Waals surface area contributed by atoms with Crippen LogP contribution in [0, 0.1) is 0 Å². The van der Waals surface area contributed by atoms with Crippen molar-refractivity contribution in [2.75, 3.05) is 19.8 Å². The second-order valence-electron chi connectivity index (χ2n) is 4.20. The Kier molecular flexibility index (Phi) is 5.45. The Balaban J connectivity index is 1.98. The van der Waals surface area contributed by atoms with Gasteiger partial charge in [0, 0.05) is 12.6 Å². The molecule has 0 aromatic carbocycles. The van der Waals surface area contributed by atoms with Crippen molar-refractivity contribution < 1.29 is 9.47 Å². The van der Waals surface area contributed by atoms with E-state index in [0.29, 0.717) is 18.2 Å². The zero-order chi connectivity index (χ0) is 10.4. The maximum Gasteiger partial charge on any atom is 0.104 e. The van der Waals surface area contributed by atoms with Crippen molar-refractivity contribution in [1.29, 1.82) is 0 Å². The average Bonchev–Trinajstić information content (AvgIpc) is 2.09. The van der Waals surface area contributed by atoms with Gasteiger partial charge >= 0.3 is 0 Å². The summed E-state index contributed by atoms with van der Waals surface area (Å²) in [6.45, 7) is 9.04. The molecule has 1 aliphatic heterocycles. The van der Waals surface area contributed by atoms with E-state index in [4.69, 9.17) is 9.47 Å². The molecule has 1 fully saturated rings. The molecule has 0 aromatic heterocycles. The van der Waals surface area contributed by atoms with E-state index in [2.05, 4.69) is 26.1 Å². The van der Waals surface area contributed by atoms with E-state index >= 15 is 0 Å². The highest BCUT2D eigenvalue weighted by Gasteiger charge is 2.21. The van der Waals surface area contributed by atoms with Crippen molar-refractivity contribution in [3.63, 3.8) is 0 Å². The van der Waals surface area contributed by atoms with Gasteiger partial charge in [-0.25, -0.2) is 0 Å². The fourth-order valence-electron chi connectivity index (χ4n) is 1.57. The fraction of sp³-hybridized carbons (Fsp3) is 1.00. The first-order valence-electron chi connectivity index (χ1n) is 5.69. The monoisotopic (exact) mass is 201 g/mol. The van der Waals surface area contributed by atoms with Crippen molar-refractivity contribution in [2.45, 2.75) is 51.9 Å². The summed E-state index contributed by atoms with van der Waals surface area (Å²) < 4.78 is 10.8. The Morgan fingerprint density at radius 3 is 2.64 bits per heavy atom. The molecule has 1 heterocycles. The van der Waals surface area contributed by atoms with Gasteiger partial charge in [0.15, 0.2) is 0 Å². The zero-order valence-corrected chi connectivity index (χ0v) is 9.58. The second kappa shape index (κ2) is 6.38. The van der Waals surface area contributed by atoms with E-state index in [9.17, 15) is 0 Å². The number of hydrogen-bond acceptors (Lipinski definition) is 3. The van der Waals surface area contributed by atoms with E-state index in [-0.39, 0.29) is 0 Å². The van der Waals surface area contributed by atoms with Crippen LogP contribution in [0.1, 0.15) is 33.6 Å². The molecule has 3 nitrogen and oxygen atoms in total. The highest BCUT2D eigenvalue weighted by atomic mass is 16.6. The van der Waals surface area contributed by atoms with Crippen LogP contribution in [0.4, 0.5) is 0 Å². The molecule has 0 spiro atoms. The number of hydrogen-bond donors (Lipinski definition) is 1. The van der Waals surface area contributed by atoms with Gasteiger partial charge in [-0.05, 0) is 20.3 Å². The van der Waals surface area contributed by atoms with Gasteiger partial charge < -0.3 is 14.8 Å². The Morgan fingerprint density at radius 1 is 1.43 bits per heavy atom. The SMILES string of the molecule is CCCC(C)NCC(C)OC1COC1. The molecule has 14 heavy (non-hydrogen) atoms. The molecule has 2 unspecified atom stereocenters. The molecular formula is C11H23NO2. The minimum absolute atomic E-state index is 0.295. The highest BCUT2D eigenvalue weighted by molar-refractivity contribution is 4.69. The van der Waals surface area contributed by atoms with E-state index in [1.807, 2.05) is 0 Å². The van der Waals surface area contributed by atoms with E-state index in [1.54, 1.807) is 0 Å². The fourth-order valence-corrected chi connectivity index (χ4v) is 1.57. The van der Waals surface area contributed by atoms with Crippen molar-refractivity contribution >= 4 is 0 Å². The molecule has 2 atom stereocenters. The van der Waals surface area contributed by atoms with Gasteiger partial charge in [0.05, 0.1) is 19.3 Å². The Bertz CT molecular complexity index is 148. The third-order valence-corrected chi connectivity index (χ3v) is 2.51. The minimum atomic E-state index is 0.295. The van der Waals surface area contributed by atoms with Gasteiger partial charge in [-0.15, -0.1) is 0 Å². The van der Waals surface area contributed by atoms with E-state index in [0.717, 1.165) is 19.8 Å². The number of rotatable bonds is 7. The van der Waals surface area contributed by atoms with E-state index < -0.39 is 0 Å². The summed E-state index contributed by atoms with van der Waals surface area (Å²) in [5.74, 6) is 0. The Labute approximate surface area is 87.2 Å². The normalized spacial score (nSPS) is 21.6. The number of ether oxygens (including phenoxy) is 2. The quantitative estimate of drug-likeness (QED) is 0.678. The standard InChI is InChI=1S/C11H23NO2/c1-4-5-9(2)12-6-10(3)14-11-7-13-8-11/h9-12H,4-8H2,1-3H3. The van der Waals surface area contributed by atoms with Crippen LogP contribution in [0.25, 0.3) is 0 Å². The molecule has 0 aliphatic carbocycles. The van der Waals surface area contributed by atoms with Crippen LogP contribution in [0.15, 0.2) is 0 Å². The van der Waals surface area contributed by atoms with Crippen molar-refractivity contribution in [2.24, 2.45) is 0 Å². The second-order valence-corrected chi connectivity index (χ2v) is 4.20. The molecule has 1 saturated heterocycles. The summed E-state index contributed by atoms with van der Waals surface area (Å²) in [7, 11) is 0. The minimum Gasteiger partial charge on any atom is -0.376 e. The molecule has 0 saturated carbocycles. The lowest BCUT2D eigenvalue weighted by Gasteiger charge is -2.29. The first kappa shape index (κ1) is 12.0. The van der Waals surface area contributed by atoms with Crippen molar-refractivity contribution in [3.05, 3.63) is 0 Å². The maximum absolute atomic E-state index is 5.73. The highest BCUT2D eigenvalue weighted by Crippen LogP contribution is 2.08. The average molecular weight is 201 g/mol. The lowest BCUT2D eigenvalue weighted by molar-refractivity contribution is -0.149. The van der Waals surface area contributed by atoms with Crippen molar-refractivity contribution in [3.8, 4) is 0 Å². The van der Waals surface area contributed by atoms with Crippen LogP contribution >= 0.6 is 0 Å². The first-order valence-corrected chi connectivity index (χ1v) is 5.69. The Hall–Kier alpha value is -0.120. The van der Waals surface area contributed by atoms with Crippen LogP contribution in [0.2, 0.25) is 0 Å². The molecular weight excluding hydrogens is 178 g/mol. The summed E-state index contributed by atoms with van der Waals surface area (Å²) in [6.07, 6.45) is 3.11. The van der Waals surface area contributed by atoms with Crippen LogP contribution in [-0.4, -0.2) is 38.0 Å². The summed E-state index contributed by atoms with van der Waals surface area (Å²) >= 11 is 0. The van der Waals surface area contributed by atoms with Crippen LogP contribution in [0.5, 0.6) is 0 Å². The van der Waals surface area contributed by atoms with Crippen molar-refractivity contribution in [1.82, 2.24) is 5.32 Å². The summed E-state index contributed by atoms with van der Waals surface area (Å²) in [5, 5.41) is 3.47. The molecule has 1 N–H and O–H groups in total. The van der Waals surface area contributed by atoms with Gasteiger partial charge in [-0.1, -0.05) is 13.3 Å². The molecule has 1 aliphatic rings. The largest absolute Gasteiger partial charge is 0.376 e. The molecule has 0 amide bonds. The summed E-state index contributed by atoms with van der Waals surface area (Å²) in [4.78, 5) is 0. The predicted molar refractivity (Wildman–Crippen MR) is 57.5 cm³/mol. The third kappa shape index (κ3) is 4.40. The lowest BCUT2D eigenvalue weighted by Crippen LogP contribution is -2.42. The van der Waals surface area contributed by atoms with Gasteiger partial charge in [-0.2, -0.15) is 0 Å². The molecule has 1 rings (SSSR count).